The van der Waals surface area contributed by atoms with Crippen LogP contribution < -0.4 is 11.2 Å². The molecule has 1 unspecified atom stereocenters. The topological polar surface area (TPSA) is 75.1 Å². The molecule has 13 heavy (non-hydrogen) atoms. The Kier molecular flexibility index (Phi) is 2.97. The number of halogens is 1. The third-order valence-corrected chi connectivity index (χ3v) is 1.49. The number of hydrogen-bond acceptors (Lipinski definition) is 3. The number of alkyl halides is 1. The van der Waals surface area contributed by atoms with Gasteiger partial charge in [0, 0.05) is 12.3 Å². The zero-order chi connectivity index (χ0) is 9.84. The molecule has 0 aliphatic carbocycles. The molecule has 0 aromatic carbocycles. The van der Waals surface area contributed by atoms with Gasteiger partial charge < -0.3 is 5.11 Å². The molecular weight excluding hydrogens is 179 g/mol. The molecule has 0 saturated carbocycles. The number of hydrogen-bond donors (Lipinski definition) is 2. The normalized spacial score (nSPS) is 12.8. The number of nitrogens with zero attached hydrogens (tertiary/aromatic N) is 1. The monoisotopic (exact) mass is 188 g/mol. The fraction of sp³-hybridized carbons (Fsp3) is 0.429. The molecule has 5 nitrogen and oxygen atoms in total. The minimum absolute atomic E-state index is 0.258. The first-order chi connectivity index (χ1) is 6.13. The zero-order valence-electron chi connectivity index (χ0n) is 6.74. The number of aliphatic hydroxyl groups excluding tert-OH is 1. The summed E-state index contributed by atoms with van der Waals surface area (Å²) in [7, 11) is 0. The summed E-state index contributed by atoms with van der Waals surface area (Å²) in [5, 5.41) is 8.38. The van der Waals surface area contributed by atoms with Gasteiger partial charge in [-0.2, -0.15) is 0 Å². The summed E-state index contributed by atoms with van der Waals surface area (Å²) >= 11 is 0. The Morgan fingerprint density at radius 2 is 2.31 bits per heavy atom. The lowest BCUT2D eigenvalue weighted by Crippen LogP contribution is -2.31. The van der Waals surface area contributed by atoms with Crippen molar-refractivity contribution in [2.24, 2.45) is 0 Å². The Morgan fingerprint density at radius 1 is 1.62 bits per heavy atom. The van der Waals surface area contributed by atoms with Crippen molar-refractivity contribution >= 4 is 0 Å². The smallest absolute Gasteiger partial charge is 0.328 e. The fourth-order valence-corrected chi connectivity index (χ4v) is 0.859. The lowest BCUT2D eigenvalue weighted by molar-refractivity contribution is 0.160. The van der Waals surface area contributed by atoms with Gasteiger partial charge in [0.1, 0.15) is 6.17 Å². The summed E-state index contributed by atoms with van der Waals surface area (Å²) in [5.41, 5.74) is -1.20. The van der Waals surface area contributed by atoms with Gasteiger partial charge in [-0.15, -0.1) is 0 Å². The van der Waals surface area contributed by atoms with Crippen LogP contribution in [0.2, 0.25) is 0 Å². The Balaban J connectivity index is 2.90. The molecule has 0 spiro atoms. The molecule has 6 heteroatoms. The highest BCUT2D eigenvalue weighted by atomic mass is 19.1. The maximum absolute atomic E-state index is 12.6. The summed E-state index contributed by atoms with van der Waals surface area (Å²) in [6, 6.07) is 1.12. The van der Waals surface area contributed by atoms with E-state index < -0.39 is 24.0 Å². The van der Waals surface area contributed by atoms with E-state index >= 15 is 0 Å². The highest BCUT2D eigenvalue weighted by Gasteiger charge is 2.06. The average Bonchev–Trinajstić information content (AvgIpc) is 2.09. The van der Waals surface area contributed by atoms with E-state index in [-0.39, 0.29) is 6.54 Å². The number of H-pyrrole nitrogens is 1. The van der Waals surface area contributed by atoms with Crippen LogP contribution >= 0.6 is 0 Å². The van der Waals surface area contributed by atoms with Crippen LogP contribution in [0.15, 0.2) is 21.9 Å². The first-order valence-corrected chi connectivity index (χ1v) is 3.68. The second-order valence-corrected chi connectivity index (χ2v) is 2.54. The molecule has 0 bridgehead atoms. The minimum Gasteiger partial charge on any atom is -0.393 e. The van der Waals surface area contributed by atoms with Crippen molar-refractivity contribution in [2.75, 3.05) is 6.61 Å². The van der Waals surface area contributed by atoms with Crippen LogP contribution in [0.4, 0.5) is 4.39 Å². The molecule has 0 radical (unpaired) electrons. The van der Waals surface area contributed by atoms with Gasteiger partial charge in [-0.25, -0.2) is 9.18 Å². The molecule has 0 aliphatic heterocycles. The average molecular weight is 188 g/mol. The molecule has 1 aromatic rings. The lowest BCUT2D eigenvalue weighted by Gasteiger charge is -2.05. The molecule has 0 fully saturated rings. The van der Waals surface area contributed by atoms with E-state index in [9.17, 15) is 14.0 Å². The van der Waals surface area contributed by atoms with Crippen molar-refractivity contribution < 1.29 is 9.50 Å². The van der Waals surface area contributed by atoms with Crippen molar-refractivity contribution in [3.05, 3.63) is 33.1 Å². The molecule has 1 heterocycles. The zero-order valence-corrected chi connectivity index (χ0v) is 6.74. The Hall–Kier alpha value is -1.43. The third-order valence-electron chi connectivity index (χ3n) is 1.49. The van der Waals surface area contributed by atoms with Crippen molar-refractivity contribution in [1.29, 1.82) is 0 Å². The van der Waals surface area contributed by atoms with Crippen molar-refractivity contribution in [1.82, 2.24) is 9.55 Å². The largest absolute Gasteiger partial charge is 0.393 e. The number of aromatic amines is 1. The summed E-state index contributed by atoms with van der Waals surface area (Å²) < 4.78 is 13.6. The Bertz CT molecular complexity index is 384. The first kappa shape index (κ1) is 9.66. The van der Waals surface area contributed by atoms with Crippen molar-refractivity contribution in [3.8, 4) is 0 Å². The van der Waals surface area contributed by atoms with E-state index in [1.165, 1.54) is 6.20 Å². The van der Waals surface area contributed by atoms with E-state index in [1.54, 1.807) is 0 Å². The highest BCUT2D eigenvalue weighted by Crippen LogP contribution is 1.91. The predicted octanol–water partition coefficient (Wildman–Crippen LogP) is -1.13. The van der Waals surface area contributed by atoms with Gasteiger partial charge in [0.2, 0.25) is 0 Å². The summed E-state index contributed by atoms with van der Waals surface area (Å²) in [6.45, 7) is -0.905. The molecule has 1 aromatic heterocycles. The molecule has 1 rings (SSSR count). The lowest BCUT2D eigenvalue weighted by atomic mass is 10.4. The second-order valence-electron chi connectivity index (χ2n) is 2.54. The summed E-state index contributed by atoms with van der Waals surface area (Å²) in [5.74, 6) is 0. The maximum Gasteiger partial charge on any atom is 0.328 e. The number of nitrogens with one attached hydrogen (secondary N) is 1. The van der Waals surface area contributed by atoms with E-state index in [1.807, 2.05) is 4.98 Å². The Labute approximate surface area is 72.5 Å². The van der Waals surface area contributed by atoms with Crippen LogP contribution in [-0.2, 0) is 6.54 Å². The molecule has 2 N–H and O–H groups in total. The SMILES string of the molecule is O=c1ccn(CC(F)CO)c(=O)[nH]1. The third kappa shape index (κ3) is 2.51. The van der Waals surface area contributed by atoms with E-state index in [4.69, 9.17) is 5.11 Å². The van der Waals surface area contributed by atoms with Crippen molar-refractivity contribution in [2.45, 2.75) is 12.7 Å². The summed E-state index contributed by atoms with van der Waals surface area (Å²) in [4.78, 5) is 23.5. The van der Waals surface area contributed by atoms with Crippen LogP contribution in [0.1, 0.15) is 0 Å². The van der Waals surface area contributed by atoms with Crippen LogP contribution in [0.3, 0.4) is 0 Å². The highest BCUT2D eigenvalue weighted by molar-refractivity contribution is 4.82. The van der Waals surface area contributed by atoms with E-state index in [0.717, 1.165) is 10.6 Å². The quantitative estimate of drug-likeness (QED) is 0.630. The van der Waals surface area contributed by atoms with Gasteiger partial charge in [-0.3, -0.25) is 14.3 Å². The van der Waals surface area contributed by atoms with Gasteiger partial charge in [0.05, 0.1) is 13.2 Å². The first-order valence-electron chi connectivity index (χ1n) is 3.68. The molecule has 0 amide bonds. The Morgan fingerprint density at radius 3 is 2.85 bits per heavy atom. The minimum atomic E-state index is -1.50. The van der Waals surface area contributed by atoms with Gasteiger partial charge in [-0.1, -0.05) is 0 Å². The number of aromatic nitrogens is 2. The van der Waals surface area contributed by atoms with Crippen LogP contribution in [-0.4, -0.2) is 27.4 Å². The maximum atomic E-state index is 12.6. The van der Waals surface area contributed by atoms with Gasteiger partial charge in [-0.05, 0) is 0 Å². The van der Waals surface area contributed by atoms with Gasteiger partial charge >= 0.3 is 5.69 Å². The summed E-state index contributed by atoms with van der Waals surface area (Å²) in [6.07, 6.45) is -0.313. The van der Waals surface area contributed by atoms with E-state index in [2.05, 4.69) is 0 Å². The number of aliphatic hydroxyl groups is 1. The molecule has 72 valence electrons. The molecule has 0 saturated heterocycles. The van der Waals surface area contributed by atoms with Gasteiger partial charge in [0.25, 0.3) is 5.56 Å². The second kappa shape index (κ2) is 3.99. The van der Waals surface area contributed by atoms with Crippen LogP contribution in [0, 0.1) is 0 Å². The molecule has 0 aliphatic rings. The molecular formula is C7H9FN2O3. The van der Waals surface area contributed by atoms with E-state index in [0.29, 0.717) is 0 Å². The van der Waals surface area contributed by atoms with Crippen LogP contribution in [0.25, 0.3) is 0 Å². The standard InChI is InChI=1S/C7H9FN2O3/c8-5(4-11)3-10-2-1-6(12)9-7(10)13/h1-2,5,11H,3-4H2,(H,9,12,13). The predicted molar refractivity (Wildman–Crippen MR) is 43.3 cm³/mol. The fourth-order valence-electron chi connectivity index (χ4n) is 0.859. The molecule has 1 atom stereocenters. The van der Waals surface area contributed by atoms with Gasteiger partial charge in [0.15, 0.2) is 0 Å². The van der Waals surface area contributed by atoms with Crippen LogP contribution in [0.5, 0.6) is 0 Å². The van der Waals surface area contributed by atoms with Crippen molar-refractivity contribution in [3.63, 3.8) is 0 Å². The number of rotatable bonds is 3.